The van der Waals surface area contributed by atoms with Gasteiger partial charge in [-0.25, -0.2) is 4.98 Å². The molecule has 176 valence electrons. The number of ether oxygens (including phenoxy) is 1. The van der Waals surface area contributed by atoms with Crippen LogP contribution < -0.4 is 4.74 Å². The average molecular weight is 459 g/mol. The molecule has 0 N–H and O–H groups in total. The first-order valence-electron chi connectivity index (χ1n) is 12.5. The van der Waals surface area contributed by atoms with Crippen LogP contribution in [-0.4, -0.2) is 63.4 Å². The fourth-order valence-electron chi connectivity index (χ4n) is 5.14. The first kappa shape index (κ1) is 21.2. The van der Waals surface area contributed by atoms with Gasteiger partial charge in [-0.2, -0.15) is 0 Å². The van der Waals surface area contributed by atoms with E-state index in [1.165, 1.54) is 0 Å². The highest BCUT2D eigenvalue weighted by Crippen LogP contribution is 2.32. The Kier molecular flexibility index (Phi) is 5.47. The number of fused-ring (bicyclic) bond motifs is 1. The highest BCUT2D eigenvalue weighted by molar-refractivity contribution is 5.98. The normalized spacial score (nSPS) is 19.1. The number of amides is 2. The zero-order valence-corrected chi connectivity index (χ0v) is 19.4. The van der Waals surface area contributed by atoms with Crippen molar-refractivity contribution in [3.8, 4) is 11.6 Å². The van der Waals surface area contributed by atoms with Crippen LogP contribution in [-0.2, 0) is 4.79 Å². The number of hydrogen-bond donors (Lipinski definition) is 0. The molecule has 2 aliphatic heterocycles. The molecule has 3 aromatic rings. The molecule has 2 saturated heterocycles. The molecule has 3 aliphatic rings. The quantitative estimate of drug-likeness (QED) is 0.579. The Balaban J connectivity index is 1.11. The number of rotatable bonds is 5. The van der Waals surface area contributed by atoms with Gasteiger partial charge >= 0.3 is 0 Å². The van der Waals surface area contributed by atoms with E-state index in [-0.39, 0.29) is 17.9 Å². The van der Waals surface area contributed by atoms with Crippen LogP contribution in [0.3, 0.4) is 0 Å². The molecule has 2 amide bonds. The first-order valence-corrected chi connectivity index (χ1v) is 12.5. The van der Waals surface area contributed by atoms with Crippen LogP contribution in [0.5, 0.6) is 5.75 Å². The predicted molar refractivity (Wildman–Crippen MR) is 129 cm³/mol. The Morgan fingerprint density at radius 3 is 2.38 bits per heavy atom. The zero-order valence-electron chi connectivity index (χ0n) is 19.4. The topological polar surface area (TPSA) is 67.7 Å². The number of aromatic nitrogens is 2. The van der Waals surface area contributed by atoms with Crippen LogP contribution in [0, 0.1) is 5.92 Å². The molecule has 0 radical (unpaired) electrons. The van der Waals surface area contributed by atoms with Gasteiger partial charge < -0.3 is 19.1 Å². The lowest BCUT2D eigenvalue weighted by Gasteiger charge is -2.32. The minimum atomic E-state index is 0.120. The molecule has 0 spiro atoms. The largest absolute Gasteiger partial charge is 0.489 e. The van der Waals surface area contributed by atoms with Gasteiger partial charge in [0.2, 0.25) is 5.91 Å². The maximum Gasteiger partial charge on any atom is 0.253 e. The number of pyridine rings is 1. The summed E-state index contributed by atoms with van der Waals surface area (Å²) in [6, 6.07) is 11.8. The number of hydrogen-bond acceptors (Lipinski definition) is 4. The van der Waals surface area contributed by atoms with Crippen molar-refractivity contribution in [1.82, 2.24) is 19.4 Å². The van der Waals surface area contributed by atoms with E-state index in [9.17, 15) is 9.59 Å². The van der Waals surface area contributed by atoms with E-state index in [1.807, 2.05) is 57.0 Å². The van der Waals surface area contributed by atoms with Gasteiger partial charge in [-0.05, 0) is 62.1 Å². The number of nitrogens with zero attached hydrogens (tertiary/aromatic N) is 4. The second kappa shape index (κ2) is 8.78. The van der Waals surface area contributed by atoms with Crippen LogP contribution in [0.2, 0.25) is 0 Å². The summed E-state index contributed by atoms with van der Waals surface area (Å²) >= 11 is 0. The summed E-state index contributed by atoms with van der Waals surface area (Å²) in [6.45, 7) is 3.27. The van der Waals surface area contributed by atoms with Gasteiger partial charge in [0.15, 0.2) is 0 Å². The van der Waals surface area contributed by atoms with Crippen molar-refractivity contribution in [2.24, 2.45) is 5.92 Å². The van der Waals surface area contributed by atoms with Gasteiger partial charge in [0.1, 0.15) is 17.7 Å². The predicted octanol–water partition coefficient (Wildman–Crippen LogP) is 4.04. The minimum absolute atomic E-state index is 0.120. The molecular formula is C27H30N4O3. The van der Waals surface area contributed by atoms with E-state index < -0.39 is 0 Å². The van der Waals surface area contributed by atoms with Crippen molar-refractivity contribution in [3.05, 3.63) is 54.4 Å². The first-order chi connectivity index (χ1) is 16.7. The molecule has 6 rings (SSSR count). The maximum atomic E-state index is 12.7. The van der Waals surface area contributed by atoms with Crippen LogP contribution in [0.1, 0.15) is 48.9 Å². The summed E-state index contributed by atoms with van der Waals surface area (Å²) < 4.78 is 8.19. The second-order valence-electron chi connectivity index (χ2n) is 9.73. The Morgan fingerprint density at radius 1 is 0.882 bits per heavy atom. The smallest absolute Gasteiger partial charge is 0.253 e. The number of piperidine rings is 1. The zero-order chi connectivity index (χ0) is 23.1. The Labute approximate surface area is 199 Å². The lowest BCUT2D eigenvalue weighted by atomic mass is 10.1. The van der Waals surface area contributed by atoms with Crippen LogP contribution in [0.4, 0.5) is 0 Å². The summed E-state index contributed by atoms with van der Waals surface area (Å²) in [5.74, 6) is 2.30. The lowest BCUT2D eigenvalue weighted by Crippen LogP contribution is -2.42. The lowest BCUT2D eigenvalue weighted by molar-refractivity contribution is -0.134. The molecule has 0 bridgehead atoms. The van der Waals surface area contributed by atoms with Crippen molar-refractivity contribution < 1.29 is 14.3 Å². The van der Waals surface area contributed by atoms with E-state index in [0.717, 1.165) is 92.7 Å². The van der Waals surface area contributed by atoms with Crippen LogP contribution >= 0.6 is 0 Å². The Bertz CT molecular complexity index is 1200. The second-order valence-corrected chi connectivity index (χ2v) is 9.73. The van der Waals surface area contributed by atoms with Crippen molar-refractivity contribution in [2.45, 2.75) is 44.6 Å². The van der Waals surface area contributed by atoms with E-state index in [4.69, 9.17) is 4.74 Å². The minimum Gasteiger partial charge on any atom is -0.489 e. The van der Waals surface area contributed by atoms with Crippen LogP contribution in [0.15, 0.2) is 48.8 Å². The highest BCUT2D eigenvalue weighted by Gasteiger charge is 2.35. The van der Waals surface area contributed by atoms with Gasteiger partial charge in [-0.1, -0.05) is 0 Å². The molecule has 3 fully saturated rings. The van der Waals surface area contributed by atoms with Crippen molar-refractivity contribution in [3.63, 3.8) is 0 Å². The molecule has 2 aromatic heterocycles. The highest BCUT2D eigenvalue weighted by atomic mass is 16.5. The van der Waals surface area contributed by atoms with Gasteiger partial charge in [0.05, 0.1) is 11.7 Å². The third-order valence-electron chi connectivity index (χ3n) is 7.28. The van der Waals surface area contributed by atoms with Crippen LogP contribution in [0.25, 0.3) is 16.7 Å². The molecule has 7 nitrogen and oxygen atoms in total. The van der Waals surface area contributed by atoms with Gasteiger partial charge in [0, 0.05) is 62.1 Å². The van der Waals surface area contributed by atoms with Gasteiger partial charge in [-0.3, -0.25) is 9.59 Å². The third kappa shape index (κ3) is 4.15. The maximum absolute atomic E-state index is 12.7. The van der Waals surface area contributed by atoms with E-state index >= 15 is 0 Å². The van der Waals surface area contributed by atoms with Gasteiger partial charge in [-0.15, -0.1) is 0 Å². The van der Waals surface area contributed by atoms with Crippen molar-refractivity contribution >= 4 is 22.7 Å². The third-order valence-corrected chi connectivity index (χ3v) is 7.28. The van der Waals surface area contributed by atoms with Gasteiger partial charge in [0.25, 0.3) is 5.91 Å². The molecule has 1 saturated carbocycles. The summed E-state index contributed by atoms with van der Waals surface area (Å²) in [5, 5.41) is 1.03. The molecule has 1 aliphatic carbocycles. The fraction of sp³-hybridized carbons (Fsp3) is 0.444. The number of carbonyl (C=O) groups is 2. The average Bonchev–Trinajstić information content (AvgIpc) is 3.41. The van der Waals surface area contributed by atoms with E-state index in [1.54, 1.807) is 6.20 Å². The fourth-order valence-corrected chi connectivity index (χ4v) is 5.14. The number of likely N-dealkylation sites (tertiary alicyclic amines) is 2. The Morgan fingerprint density at radius 2 is 1.68 bits per heavy atom. The molecule has 34 heavy (non-hydrogen) atoms. The molecular weight excluding hydrogens is 428 g/mol. The molecule has 1 aromatic carbocycles. The monoisotopic (exact) mass is 458 g/mol. The summed E-state index contributed by atoms with van der Waals surface area (Å²) in [4.78, 5) is 33.5. The molecule has 0 atom stereocenters. The number of carbonyl (C=O) groups excluding carboxylic acids is 2. The Hall–Kier alpha value is -3.35. The van der Waals surface area contributed by atoms with E-state index in [2.05, 4.69) is 4.98 Å². The molecule has 0 unspecified atom stereocenters. The van der Waals surface area contributed by atoms with Crippen molar-refractivity contribution in [1.29, 1.82) is 0 Å². The summed E-state index contributed by atoms with van der Waals surface area (Å²) in [7, 11) is 0. The summed E-state index contributed by atoms with van der Waals surface area (Å²) in [6.07, 6.45) is 9.91. The summed E-state index contributed by atoms with van der Waals surface area (Å²) in [5.41, 5.74) is 1.76. The van der Waals surface area contributed by atoms with E-state index in [0.29, 0.717) is 5.91 Å². The SMILES string of the molecule is O=C(c1ccc2c(ccn2-c2ccc(OC3CCN(C(=O)C4CC4)CC3)cn2)c1)N1CCCC1. The molecule has 7 heteroatoms. The van der Waals surface area contributed by atoms with Crippen molar-refractivity contribution in [2.75, 3.05) is 26.2 Å². The standard InChI is InChI=1S/C27H30N4O3/c32-26(19-3-4-19)30-14-10-22(11-15-30)34-23-6-8-25(28-18-23)31-16-9-20-17-21(5-7-24(20)31)27(33)29-12-1-2-13-29/h5-9,16-19,22H,1-4,10-15H2. The number of benzene rings is 1. The molecule has 4 heterocycles.